The molecule has 2 atom stereocenters. The lowest BCUT2D eigenvalue weighted by atomic mass is 9.89. The third-order valence-corrected chi connectivity index (χ3v) is 3.20. The van der Waals surface area contributed by atoms with Crippen LogP contribution in [0.4, 0.5) is 0 Å². The molecule has 3 N–H and O–H groups in total. The van der Waals surface area contributed by atoms with Crippen LogP contribution in [0.1, 0.15) is 23.1 Å². The molecule has 2 rings (SSSR count). The highest BCUT2D eigenvalue weighted by Crippen LogP contribution is 2.31. The molecule has 0 aliphatic carbocycles. The van der Waals surface area contributed by atoms with E-state index in [4.69, 9.17) is 10.5 Å². The van der Waals surface area contributed by atoms with Crippen molar-refractivity contribution in [3.8, 4) is 5.75 Å². The van der Waals surface area contributed by atoms with Gasteiger partial charge in [0.15, 0.2) is 0 Å². The molecule has 0 bridgehead atoms. The molecule has 2 unspecified atom stereocenters. The first-order valence-electron chi connectivity index (χ1n) is 6.18. The topological polar surface area (TPSA) is 68.4 Å². The van der Waals surface area contributed by atoms with Gasteiger partial charge in [0, 0.05) is 24.9 Å². The first kappa shape index (κ1) is 13.5. The number of rotatable bonds is 5. The fourth-order valence-electron chi connectivity index (χ4n) is 2.11. The Morgan fingerprint density at radius 1 is 1.21 bits per heavy atom. The first-order valence-corrected chi connectivity index (χ1v) is 6.18. The molecule has 0 fully saturated rings. The standard InChI is InChI=1S/C15H18N2O2/c1-19-13-4-2-3-12(9-13)14(10-16)15(18)11-5-7-17-8-6-11/h2-9,14-15,18H,10,16H2,1H3. The fourth-order valence-corrected chi connectivity index (χ4v) is 2.11. The molecule has 0 saturated heterocycles. The summed E-state index contributed by atoms with van der Waals surface area (Å²) in [6.45, 7) is 0.358. The van der Waals surface area contributed by atoms with Crippen molar-refractivity contribution in [1.29, 1.82) is 0 Å². The van der Waals surface area contributed by atoms with Gasteiger partial charge in [0.05, 0.1) is 13.2 Å². The van der Waals surface area contributed by atoms with Crippen LogP contribution in [0.3, 0.4) is 0 Å². The minimum absolute atomic E-state index is 0.169. The molecule has 0 saturated carbocycles. The second-order valence-electron chi connectivity index (χ2n) is 4.34. The molecule has 0 amide bonds. The normalized spacial score (nSPS) is 13.8. The lowest BCUT2D eigenvalue weighted by Crippen LogP contribution is -2.20. The lowest BCUT2D eigenvalue weighted by molar-refractivity contribution is 0.147. The number of nitrogens with zero attached hydrogens (tertiary/aromatic N) is 1. The molecule has 19 heavy (non-hydrogen) atoms. The van der Waals surface area contributed by atoms with Crippen molar-refractivity contribution in [2.24, 2.45) is 5.73 Å². The van der Waals surface area contributed by atoms with Crippen LogP contribution in [0.25, 0.3) is 0 Å². The second-order valence-corrected chi connectivity index (χ2v) is 4.34. The SMILES string of the molecule is COc1cccc(C(CN)C(O)c2ccncc2)c1. The molecule has 4 nitrogen and oxygen atoms in total. The maximum Gasteiger partial charge on any atom is 0.119 e. The number of aliphatic hydroxyl groups excluding tert-OH is 1. The Kier molecular flexibility index (Phi) is 4.49. The molecular formula is C15H18N2O2. The Labute approximate surface area is 112 Å². The second kappa shape index (κ2) is 6.31. The number of hydrogen-bond donors (Lipinski definition) is 2. The maximum absolute atomic E-state index is 10.4. The van der Waals surface area contributed by atoms with Crippen molar-refractivity contribution >= 4 is 0 Å². The van der Waals surface area contributed by atoms with Crippen LogP contribution >= 0.6 is 0 Å². The van der Waals surface area contributed by atoms with Gasteiger partial charge in [-0.1, -0.05) is 12.1 Å². The third-order valence-electron chi connectivity index (χ3n) is 3.20. The Bertz CT molecular complexity index is 517. The van der Waals surface area contributed by atoms with E-state index in [0.717, 1.165) is 16.9 Å². The van der Waals surface area contributed by atoms with Gasteiger partial charge in [0.25, 0.3) is 0 Å². The van der Waals surface area contributed by atoms with Gasteiger partial charge in [-0.25, -0.2) is 0 Å². The predicted molar refractivity (Wildman–Crippen MR) is 74.0 cm³/mol. The van der Waals surface area contributed by atoms with Crippen LogP contribution in [0, 0.1) is 0 Å². The van der Waals surface area contributed by atoms with Crippen molar-refractivity contribution in [1.82, 2.24) is 4.98 Å². The van der Waals surface area contributed by atoms with Gasteiger partial charge < -0.3 is 15.6 Å². The van der Waals surface area contributed by atoms with Crippen LogP contribution in [0.15, 0.2) is 48.8 Å². The molecule has 0 aliphatic heterocycles. The number of methoxy groups -OCH3 is 1. The summed E-state index contributed by atoms with van der Waals surface area (Å²) in [5.41, 5.74) is 7.60. The summed E-state index contributed by atoms with van der Waals surface area (Å²) in [6, 6.07) is 11.2. The molecule has 4 heteroatoms. The number of benzene rings is 1. The third kappa shape index (κ3) is 3.10. The van der Waals surface area contributed by atoms with E-state index in [-0.39, 0.29) is 5.92 Å². The Hall–Kier alpha value is -1.91. The minimum Gasteiger partial charge on any atom is -0.497 e. The smallest absolute Gasteiger partial charge is 0.119 e. The van der Waals surface area contributed by atoms with Gasteiger partial charge in [-0.3, -0.25) is 4.98 Å². The van der Waals surface area contributed by atoms with Crippen molar-refractivity contribution < 1.29 is 9.84 Å². The number of pyridine rings is 1. The molecular weight excluding hydrogens is 240 g/mol. The fraction of sp³-hybridized carbons (Fsp3) is 0.267. The molecule has 1 heterocycles. The van der Waals surface area contributed by atoms with E-state index in [1.807, 2.05) is 24.3 Å². The summed E-state index contributed by atoms with van der Waals surface area (Å²) in [5, 5.41) is 10.4. The largest absolute Gasteiger partial charge is 0.497 e. The Morgan fingerprint density at radius 3 is 2.58 bits per heavy atom. The van der Waals surface area contributed by atoms with Crippen LogP contribution in [-0.4, -0.2) is 23.7 Å². The van der Waals surface area contributed by atoms with Crippen LogP contribution < -0.4 is 10.5 Å². The zero-order chi connectivity index (χ0) is 13.7. The molecule has 0 radical (unpaired) electrons. The summed E-state index contributed by atoms with van der Waals surface area (Å²) >= 11 is 0. The van der Waals surface area contributed by atoms with Crippen LogP contribution in [-0.2, 0) is 0 Å². The van der Waals surface area contributed by atoms with Gasteiger partial charge in [-0.2, -0.15) is 0 Å². The van der Waals surface area contributed by atoms with E-state index < -0.39 is 6.10 Å². The lowest BCUT2D eigenvalue weighted by Gasteiger charge is -2.22. The van der Waals surface area contributed by atoms with E-state index in [0.29, 0.717) is 6.54 Å². The van der Waals surface area contributed by atoms with E-state index in [2.05, 4.69) is 4.98 Å². The van der Waals surface area contributed by atoms with Crippen LogP contribution in [0.5, 0.6) is 5.75 Å². The van der Waals surface area contributed by atoms with Gasteiger partial charge in [-0.15, -0.1) is 0 Å². The molecule has 2 aromatic rings. The average Bonchev–Trinajstić information content (AvgIpc) is 2.49. The summed E-state index contributed by atoms with van der Waals surface area (Å²) in [7, 11) is 1.62. The van der Waals surface area contributed by atoms with E-state index in [1.165, 1.54) is 0 Å². The Morgan fingerprint density at radius 2 is 1.95 bits per heavy atom. The quantitative estimate of drug-likeness (QED) is 0.859. The molecule has 0 aliphatic rings. The van der Waals surface area contributed by atoms with Gasteiger partial charge in [0.2, 0.25) is 0 Å². The number of hydrogen-bond acceptors (Lipinski definition) is 4. The molecule has 1 aromatic heterocycles. The summed E-state index contributed by atoms with van der Waals surface area (Å²) in [5.74, 6) is 0.593. The zero-order valence-corrected chi connectivity index (χ0v) is 10.9. The van der Waals surface area contributed by atoms with Gasteiger partial charge in [-0.05, 0) is 35.4 Å². The van der Waals surface area contributed by atoms with Crippen LogP contribution in [0.2, 0.25) is 0 Å². The van der Waals surface area contributed by atoms with Gasteiger partial charge >= 0.3 is 0 Å². The highest BCUT2D eigenvalue weighted by Gasteiger charge is 2.21. The number of nitrogens with two attached hydrogens (primary N) is 1. The summed E-state index contributed by atoms with van der Waals surface area (Å²) in [4.78, 5) is 3.95. The van der Waals surface area contributed by atoms with E-state index in [9.17, 15) is 5.11 Å². The van der Waals surface area contributed by atoms with Crippen molar-refractivity contribution in [2.45, 2.75) is 12.0 Å². The highest BCUT2D eigenvalue weighted by molar-refractivity contribution is 5.33. The zero-order valence-electron chi connectivity index (χ0n) is 10.9. The predicted octanol–water partition coefficient (Wildman–Crippen LogP) is 1.87. The maximum atomic E-state index is 10.4. The average molecular weight is 258 g/mol. The number of ether oxygens (including phenoxy) is 1. The monoisotopic (exact) mass is 258 g/mol. The highest BCUT2D eigenvalue weighted by atomic mass is 16.5. The first-order chi connectivity index (χ1) is 9.26. The van der Waals surface area contributed by atoms with Crippen molar-refractivity contribution in [2.75, 3.05) is 13.7 Å². The van der Waals surface area contributed by atoms with Crippen molar-refractivity contribution in [3.05, 3.63) is 59.9 Å². The molecule has 100 valence electrons. The van der Waals surface area contributed by atoms with E-state index >= 15 is 0 Å². The molecule has 0 spiro atoms. The minimum atomic E-state index is -0.653. The van der Waals surface area contributed by atoms with Crippen molar-refractivity contribution in [3.63, 3.8) is 0 Å². The van der Waals surface area contributed by atoms with E-state index in [1.54, 1.807) is 31.6 Å². The number of aliphatic hydroxyl groups is 1. The Balaban J connectivity index is 2.28. The van der Waals surface area contributed by atoms with Gasteiger partial charge in [0.1, 0.15) is 5.75 Å². The number of aromatic nitrogens is 1. The summed E-state index contributed by atoms with van der Waals surface area (Å²) in [6.07, 6.45) is 2.68. The molecule has 1 aromatic carbocycles. The summed E-state index contributed by atoms with van der Waals surface area (Å²) < 4.78 is 5.20.